The van der Waals surface area contributed by atoms with E-state index in [2.05, 4.69) is 6.92 Å². The number of furan rings is 1. The van der Waals surface area contributed by atoms with Gasteiger partial charge in [-0.2, -0.15) is 11.8 Å². The summed E-state index contributed by atoms with van der Waals surface area (Å²) in [6.07, 6.45) is 5.41. The fraction of sp³-hybridized carbons (Fsp3) is 0.636. The fourth-order valence-corrected chi connectivity index (χ4v) is 2.41. The molecule has 1 aromatic heterocycles. The highest BCUT2D eigenvalue weighted by Gasteiger charge is 2.00. The molecule has 0 amide bonds. The maximum absolute atomic E-state index is 5.59. The van der Waals surface area contributed by atoms with Crippen LogP contribution in [-0.2, 0) is 5.75 Å². The van der Waals surface area contributed by atoms with Crippen molar-refractivity contribution in [2.24, 2.45) is 0 Å². The molecule has 1 aromatic rings. The van der Waals surface area contributed by atoms with Crippen LogP contribution in [0.25, 0.3) is 0 Å². The molecule has 0 N–H and O–H groups in total. The van der Waals surface area contributed by atoms with Crippen LogP contribution >= 0.6 is 23.4 Å². The van der Waals surface area contributed by atoms with Crippen molar-refractivity contribution in [3.63, 3.8) is 0 Å². The maximum atomic E-state index is 5.59. The van der Waals surface area contributed by atoms with E-state index < -0.39 is 0 Å². The normalized spacial score (nSPS) is 10.7. The Balaban J connectivity index is 2.02. The van der Waals surface area contributed by atoms with Gasteiger partial charge in [0.2, 0.25) is 0 Å². The predicted molar refractivity (Wildman–Crippen MR) is 64.2 cm³/mol. The molecular weight excluding hydrogens is 216 g/mol. The van der Waals surface area contributed by atoms with Crippen LogP contribution in [0.3, 0.4) is 0 Å². The van der Waals surface area contributed by atoms with Gasteiger partial charge in [-0.1, -0.05) is 6.42 Å². The molecule has 0 aliphatic carbocycles. The van der Waals surface area contributed by atoms with E-state index in [-0.39, 0.29) is 0 Å². The lowest BCUT2D eigenvalue weighted by Crippen LogP contribution is -1.85. The summed E-state index contributed by atoms with van der Waals surface area (Å²) in [5.41, 5.74) is 1.26. The largest absolute Gasteiger partial charge is 0.468 e. The Kier molecular flexibility index (Phi) is 6.20. The molecule has 0 fully saturated rings. The Morgan fingerprint density at radius 3 is 2.86 bits per heavy atom. The SMILES string of the molecule is Cc1ccoc1CSCCCCCCl. The highest BCUT2D eigenvalue weighted by molar-refractivity contribution is 7.98. The molecule has 14 heavy (non-hydrogen) atoms. The summed E-state index contributed by atoms with van der Waals surface area (Å²) in [6, 6.07) is 2.02. The van der Waals surface area contributed by atoms with E-state index in [0.717, 1.165) is 23.8 Å². The fourth-order valence-electron chi connectivity index (χ4n) is 1.19. The summed E-state index contributed by atoms with van der Waals surface area (Å²) in [4.78, 5) is 0. The number of hydrogen-bond acceptors (Lipinski definition) is 2. The summed E-state index contributed by atoms with van der Waals surface area (Å²) >= 11 is 7.53. The average Bonchev–Trinajstić information content (AvgIpc) is 2.58. The van der Waals surface area contributed by atoms with Crippen molar-refractivity contribution in [1.82, 2.24) is 0 Å². The van der Waals surface area contributed by atoms with Gasteiger partial charge in [0.15, 0.2) is 0 Å². The van der Waals surface area contributed by atoms with Crippen LogP contribution in [0, 0.1) is 6.92 Å². The zero-order valence-corrected chi connectivity index (χ0v) is 10.2. The zero-order chi connectivity index (χ0) is 10.2. The quantitative estimate of drug-likeness (QED) is 0.516. The minimum atomic E-state index is 0.794. The second-order valence-electron chi connectivity index (χ2n) is 3.33. The summed E-state index contributed by atoms with van der Waals surface area (Å²) in [7, 11) is 0. The van der Waals surface area contributed by atoms with Gasteiger partial charge in [0.1, 0.15) is 5.76 Å². The lowest BCUT2D eigenvalue weighted by molar-refractivity contribution is 0.528. The van der Waals surface area contributed by atoms with Gasteiger partial charge in [0, 0.05) is 5.88 Å². The van der Waals surface area contributed by atoms with Crippen molar-refractivity contribution in [2.45, 2.75) is 31.9 Å². The van der Waals surface area contributed by atoms with Crippen LogP contribution in [-0.4, -0.2) is 11.6 Å². The molecule has 0 saturated heterocycles. The van der Waals surface area contributed by atoms with Crippen molar-refractivity contribution in [3.05, 3.63) is 23.7 Å². The molecule has 0 aliphatic heterocycles. The van der Waals surface area contributed by atoms with Crippen molar-refractivity contribution in [2.75, 3.05) is 11.6 Å². The van der Waals surface area contributed by atoms with E-state index in [9.17, 15) is 0 Å². The number of unbranched alkanes of at least 4 members (excludes halogenated alkanes) is 2. The number of halogens is 1. The van der Waals surface area contributed by atoms with Gasteiger partial charge < -0.3 is 4.42 Å². The number of thioether (sulfide) groups is 1. The van der Waals surface area contributed by atoms with Crippen LogP contribution in [0.15, 0.2) is 16.7 Å². The van der Waals surface area contributed by atoms with Crippen molar-refractivity contribution >= 4 is 23.4 Å². The molecule has 3 heteroatoms. The molecule has 0 unspecified atom stereocenters. The molecule has 1 heterocycles. The number of hydrogen-bond donors (Lipinski definition) is 0. The third-order valence-electron chi connectivity index (χ3n) is 2.12. The monoisotopic (exact) mass is 232 g/mol. The summed E-state index contributed by atoms with van der Waals surface area (Å²) in [5, 5.41) is 0. The summed E-state index contributed by atoms with van der Waals surface area (Å²) in [5.74, 6) is 4.12. The molecule has 80 valence electrons. The van der Waals surface area contributed by atoms with E-state index in [4.69, 9.17) is 16.0 Å². The predicted octanol–water partition coefficient (Wildman–Crippen LogP) is 4.23. The average molecular weight is 233 g/mol. The highest BCUT2D eigenvalue weighted by Crippen LogP contribution is 2.18. The van der Waals surface area contributed by atoms with Crippen molar-refractivity contribution < 1.29 is 4.42 Å². The van der Waals surface area contributed by atoms with Gasteiger partial charge in [0.25, 0.3) is 0 Å². The Morgan fingerprint density at radius 1 is 1.36 bits per heavy atom. The van der Waals surface area contributed by atoms with E-state index in [0.29, 0.717) is 0 Å². The Morgan fingerprint density at radius 2 is 2.21 bits per heavy atom. The Labute approximate surface area is 95.2 Å². The van der Waals surface area contributed by atoms with Crippen LogP contribution < -0.4 is 0 Å². The van der Waals surface area contributed by atoms with Crippen molar-refractivity contribution in [3.8, 4) is 0 Å². The first-order valence-corrected chi connectivity index (χ1v) is 6.70. The number of alkyl halides is 1. The third-order valence-corrected chi connectivity index (χ3v) is 3.43. The first-order valence-electron chi connectivity index (χ1n) is 5.01. The number of rotatable bonds is 7. The van der Waals surface area contributed by atoms with Gasteiger partial charge in [-0.05, 0) is 37.1 Å². The van der Waals surface area contributed by atoms with Gasteiger partial charge in [-0.25, -0.2) is 0 Å². The molecule has 0 atom stereocenters. The smallest absolute Gasteiger partial charge is 0.116 e. The van der Waals surface area contributed by atoms with E-state index in [1.165, 1.54) is 24.2 Å². The van der Waals surface area contributed by atoms with Crippen LogP contribution in [0.4, 0.5) is 0 Å². The van der Waals surface area contributed by atoms with E-state index in [1.807, 2.05) is 17.8 Å². The van der Waals surface area contributed by atoms with Crippen LogP contribution in [0.5, 0.6) is 0 Å². The molecule has 0 aliphatic rings. The minimum absolute atomic E-state index is 0.794. The van der Waals surface area contributed by atoms with E-state index in [1.54, 1.807) is 6.26 Å². The second kappa shape index (κ2) is 7.24. The lowest BCUT2D eigenvalue weighted by Gasteiger charge is -1.99. The van der Waals surface area contributed by atoms with E-state index >= 15 is 0 Å². The zero-order valence-electron chi connectivity index (χ0n) is 8.59. The number of aryl methyl sites for hydroxylation is 1. The van der Waals surface area contributed by atoms with Gasteiger partial charge in [-0.3, -0.25) is 0 Å². The molecule has 0 saturated carbocycles. The Bertz CT molecular complexity index is 247. The summed E-state index contributed by atoms with van der Waals surface area (Å²) < 4.78 is 5.35. The topological polar surface area (TPSA) is 13.1 Å². The molecule has 0 bridgehead atoms. The Hall–Kier alpha value is -0.0800. The molecule has 0 radical (unpaired) electrons. The van der Waals surface area contributed by atoms with Gasteiger partial charge in [0.05, 0.1) is 12.0 Å². The van der Waals surface area contributed by atoms with Gasteiger partial charge >= 0.3 is 0 Å². The van der Waals surface area contributed by atoms with Crippen LogP contribution in [0.2, 0.25) is 0 Å². The molecule has 0 spiro atoms. The highest BCUT2D eigenvalue weighted by atomic mass is 35.5. The first kappa shape index (κ1) is 12.0. The standard InChI is InChI=1S/C11H17ClOS/c1-10-5-7-13-11(10)9-14-8-4-2-3-6-12/h5,7H,2-4,6,8-9H2,1H3. The van der Waals surface area contributed by atoms with Crippen LogP contribution in [0.1, 0.15) is 30.6 Å². The first-order chi connectivity index (χ1) is 6.84. The van der Waals surface area contributed by atoms with Gasteiger partial charge in [-0.15, -0.1) is 11.6 Å². The molecule has 0 aromatic carbocycles. The van der Waals surface area contributed by atoms with Crippen molar-refractivity contribution in [1.29, 1.82) is 0 Å². The molecule has 1 rings (SSSR count). The maximum Gasteiger partial charge on any atom is 0.116 e. The molecular formula is C11H17ClOS. The third kappa shape index (κ3) is 4.43. The molecule has 1 nitrogen and oxygen atoms in total. The lowest BCUT2D eigenvalue weighted by atomic mass is 10.3. The second-order valence-corrected chi connectivity index (χ2v) is 4.81. The summed E-state index contributed by atoms with van der Waals surface area (Å²) in [6.45, 7) is 2.09. The minimum Gasteiger partial charge on any atom is -0.468 e.